The molecule has 0 aromatic heterocycles. The molecular weight excluding hydrogens is 256 g/mol. The van der Waals surface area contributed by atoms with Gasteiger partial charge in [-0.2, -0.15) is 0 Å². The second kappa shape index (κ2) is 9.15. The molecule has 1 aliphatic heterocycles. The van der Waals surface area contributed by atoms with Crippen LogP contribution in [0.2, 0.25) is 0 Å². The summed E-state index contributed by atoms with van der Waals surface area (Å²) >= 11 is 0. The van der Waals surface area contributed by atoms with Crippen molar-refractivity contribution in [1.29, 1.82) is 0 Å². The molecule has 1 saturated heterocycles. The number of hydrogen-bond acceptors (Lipinski definition) is 2. The smallest absolute Gasteiger partial charge is 0.00160 e. The molecule has 0 aromatic carbocycles. The Balaban J connectivity index is 2.31. The Bertz CT molecular complexity index is 267. The van der Waals surface area contributed by atoms with Gasteiger partial charge in [0.2, 0.25) is 0 Å². The molecule has 0 spiro atoms. The van der Waals surface area contributed by atoms with Gasteiger partial charge in [0.15, 0.2) is 0 Å². The molecule has 0 aliphatic carbocycles. The van der Waals surface area contributed by atoms with Gasteiger partial charge in [-0.1, -0.05) is 34.6 Å². The molecule has 1 heterocycles. The van der Waals surface area contributed by atoms with Crippen LogP contribution in [0.5, 0.6) is 0 Å². The van der Waals surface area contributed by atoms with Crippen LogP contribution in [0.4, 0.5) is 0 Å². The largest absolute Gasteiger partial charge is 0.330 e. The molecule has 0 amide bonds. The Morgan fingerprint density at radius 2 is 1.81 bits per heavy atom. The van der Waals surface area contributed by atoms with Gasteiger partial charge in [0.1, 0.15) is 0 Å². The lowest BCUT2D eigenvalue weighted by atomic mass is 9.76. The van der Waals surface area contributed by atoms with E-state index in [1.807, 2.05) is 0 Å². The van der Waals surface area contributed by atoms with Gasteiger partial charge in [0.05, 0.1) is 0 Å². The van der Waals surface area contributed by atoms with Gasteiger partial charge in [-0.25, -0.2) is 0 Å². The van der Waals surface area contributed by atoms with Crippen molar-refractivity contribution in [1.82, 2.24) is 4.90 Å². The van der Waals surface area contributed by atoms with E-state index >= 15 is 0 Å². The third-order valence-electron chi connectivity index (χ3n) is 5.57. The van der Waals surface area contributed by atoms with Crippen molar-refractivity contribution >= 4 is 0 Å². The Hall–Kier alpha value is -0.0800. The van der Waals surface area contributed by atoms with Crippen LogP contribution < -0.4 is 5.73 Å². The van der Waals surface area contributed by atoms with Gasteiger partial charge < -0.3 is 10.6 Å². The van der Waals surface area contributed by atoms with Crippen LogP contribution in [-0.2, 0) is 0 Å². The van der Waals surface area contributed by atoms with Crippen molar-refractivity contribution in [3.8, 4) is 0 Å². The first-order chi connectivity index (χ1) is 9.84. The Morgan fingerprint density at radius 3 is 2.38 bits per heavy atom. The fourth-order valence-corrected chi connectivity index (χ4v) is 3.84. The monoisotopic (exact) mass is 296 g/mol. The maximum absolute atomic E-state index is 5.79. The standard InChI is InChI=1S/C19H40N2/c1-16(2)17-8-6-13-21(15-11-17)14-7-9-18(10-12-20)19(3,4)5/h16-18H,6-15,20H2,1-5H3. The topological polar surface area (TPSA) is 29.3 Å². The third-order valence-corrected chi connectivity index (χ3v) is 5.57. The highest BCUT2D eigenvalue weighted by molar-refractivity contribution is 4.76. The zero-order valence-corrected chi connectivity index (χ0v) is 15.3. The Kier molecular flexibility index (Phi) is 8.26. The summed E-state index contributed by atoms with van der Waals surface area (Å²) in [6, 6.07) is 0. The van der Waals surface area contributed by atoms with Crippen molar-refractivity contribution in [2.24, 2.45) is 28.9 Å². The van der Waals surface area contributed by atoms with Crippen molar-refractivity contribution < 1.29 is 0 Å². The Labute approximate surface area is 133 Å². The maximum Gasteiger partial charge on any atom is -0.00160 e. The van der Waals surface area contributed by atoms with Crippen LogP contribution in [0.1, 0.15) is 73.1 Å². The van der Waals surface area contributed by atoms with E-state index in [1.54, 1.807) is 0 Å². The van der Waals surface area contributed by atoms with Gasteiger partial charge in [0.25, 0.3) is 0 Å². The first-order valence-corrected chi connectivity index (χ1v) is 9.27. The quantitative estimate of drug-likeness (QED) is 0.747. The molecule has 2 heteroatoms. The lowest BCUT2D eigenvalue weighted by Gasteiger charge is -2.31. The minimum absolute atomic E-state index is 0.404. The summed E-state index contributed by atoms with van der Waals surface area (Å²) in [5.74, 6) is 2.59. The molecule has 126 valence electrons. The minimum Gasteiger partial charge on any atom is -0.330 e. The summed E-state index contributed by atoms with van der Waals surface area (Å²) in [5, 5.41) is 0. The predicted molar refractivity (Wildman–Crippen MR) is 94.5 cm³/mol. The second-order valence-electron chi connectivity index (χ2n) is 8.56. The predicted octanol–water partition coefficient (Wildman–Crippen LogP) is 4.54. The molecule has 1 rings (SSSR count). The summed E-state index contributed by atoms with van der Waals surface area (Å²) in [6.07, 6.45) is 8.10. The molecule has 0 aromatic rings. The van der Waals surface area contributed by atoms with E-state index in [1.165, 1.54) is 58.2 Å². The molecule has 2 atom stereocenters. The highest BCUT2D eigenvalue weighted by atomic mass is 15.1. The van der Waals surface area contributed by atoms with Gasteiger partial charge in [0, 0.05) is 0 Å². The first-order valence-electron chi connectivity index (χ1n) is 9.27. The van der Waals surface area contributed by atoms with Crippen LogP contribution >= 0.6 is 0 Å². The highest BCUT2D eigenvalue weighted by Gasteiger charge is 2.24. The molecule has 2 nitrogen and oxygen atoms in total. The maximum atomic E-state index is 5.79. The van der Waals surface area contributed by atoms with Gasteiger partial charge in [-0.05, 0) is 87.9 Å². The van der Waals surface area contributed by atoms with Gasteiger partial charge in [-0.3, -0.25) is 0 Å². The summed E-state index contributed by atoms with van der Waals surface area (Å²) in [7, 11) is 0. The third kappa shape index (κ3) is 7.15. The zero-order valence-electron chi connectivity index (χ0n) is 15.3. The first kappa shape index (κ1) is 19.0. The molecule has 1 fully saturated rings. The van der Waals surface area contributed by atoms with Crippen molar-refractivity contribution in [2.75, 3.05) is 26.2 Å². The summed E-state index contributed by atoms with van der Waals surface area (Å²) in [5.41, 5.74) is 6.20. The number of likely N-dealkylation sites (tertiary alicyclic amines) is 1. The Morgan fingerprint density at radius 1 is 1.10 bits per heavy atom. The van der Waals surface area contributed by atoms with Crippen LogP contribution in [0.25, 0.3) is 0 Å². The highest BCUT2D eigenvalue weighted by Crippen LogP contribution is 2.32. The van der Waals surface area contributed by atoms with Crippen molar-refractivity contribution in [3.63, 3.8) is 0 Å². The number of nitrogens with two attached hydrogens (primary N) is 1. The van der Waals surface area contributed by atoms with Crippen LogP contribution in [0.3, 0.4) is 0 Å². The molecule has 1 aliphatic rings. The van der Waals surface area contributed by atoms with E-state index in [0.29, 0.717) is 5.41 Å². The lowest BCUT2D eigenvalue weighted by molar-refractivity contribution is 0.193. The summed E-state index contributed by atoms with van der Waals surface area (Å²) < 4.78 is 0. The second-order valence-corrected chi connectivity index (χ2v) is 8.56. The SMILES string of the molecule is CC(C)C1CCCN(CCCC(CCN)C(C)(C)C)CC1. The molecule has 0 radical (unpaired) electrons. The lowest BCUT2D eigenvalue weighted by Crippen LogP contribution is -2.28. The minimum atomic E-state index is 0.404. The average Bonchev–Trinajstić information content (AvgIpc) is 2.62. The van der Waals surface area contributed by atoms with Crippen molar-refractivity contribution in [2.45, 2.75) is 73.1 Å². The van der Waals surface area contributed by atoms with Crippen molar-refractivity contribution in [3.05, 3.63) is 0 Å². The summed E-state index contributed by atoms with van der Waals surface area (Å²) in [4.78, 5) is 2.71. The number of rotatable bonds is 7. The van der Waals surface area contributed by atoms with Crippen LogP contribution in [0, 0.1) is 23.2 Å². The number of nitrogens with zero attached hydrogens (tertiary/aromatic N) is 1. The fourth-order valence-electron chi connectivity index (χ4n) is 3.84. The normalized spacial score (nSPS) is 23.3. The van der Waals surface area contributed by atoms with Crippen LogP contribution in [-0.4, -0.2) is 31.1 Å². The van der Waals surface area contributed by atoms with E-state index < -0.39 is 0 Å². The van der Waals surface area contributed by atoms with E-state index in [0.717, 1.165) is 24.3 Å². The molecule has 21 heavy (non-hydrogen) atoms. The van der Waals surface area contributed by atoms with E-state index in [2.05, 4.69) is 39.5 Å². The molecule has 2 unspecified atom stereocenters. The fraction of sp³-hybridized carbons (Fsp3) is 1.00. The molecule has 0 bridgehead atoms. The van der Waals surface area contributed by atoms with E-state index in [9.17, 15) is 0 Å². The van der Waals surface area contributed by atoms with E-state index in [-0.39, 0.29) is 0 Å². The zero-order chi connectivity index (χ0) is 15.9. The molecular formula is C19H40N2. The van der Waals surface area contributed by atoms with Gasteiger partial charge >= 0.3 is 0 Å². The number of hydrogen-bond donors (Lipinski definition) is 1. The van der Waals surface area contributed by atoms with E-state index in [4.69, 9.17) is 5.73 Å². The van der Waals surface area contributed by atoms with Gasteiger partial charge in [-0.15, -0.1) is 0 Å². The average molecular weight is 297 g/mol. The molecule has 0 saturated carbocycles. The van der Waals surface area contributed by atoms with Crippen LogP contribution in [0.15, 0.2) is 0 Å². The molecule has 2 N–H and O–H groups in total. The summed E-state index contributed by atoms with van der Waals surface area (Å²) in [6.45, 7) is 16.7.